The molecule has 1 N–H and O–H groups in total. The summed E-state index contributed by atoms with van der Waals surface area (Å²) in [5.74, 6) is 0.975. The fraction of sp³-hybridized carbons (Fsp3) is 0.389. The molecule has 0 bridgehead atoms. The predicted octanol–water partition coefficient (Wildman–Crippen LogP) is 3.11. The third kappa shape index (κ3) is 3.08. The van der Waals surface area contributed by atoms with Crippen molar-refractivity contribution >= 4 is 0 Å². The third-order valence-corrected chi connectivity index (χ3v) is 4.28. The van der Waals surface area contributed by atoms with Crippen molar-refractivity contribution in [1.29, 1.82) is 0 Å². The molecule has 1 aliphatic carbocycles. The van der Waals surface area contributed by atoms with E-state index in [0.717, 1.165) is 36.3 Å². The minimum absolute atomic E-state index is 0.140. The molecule has 1 aromatic carbocycles. The molecule has 3 rings (SSSR count). The normalized spacial score (nSPS) is 18.9. The summed E-state index contributed by atoms with van der Waals surface area (Å²) in [5.41, 5.74) is 3.47. The van der Waals surface area contributed by atoms with Crippen molar-refractivity contribution in [3.63, 3.8) is 0 Å². The molecule has 2 aromatic rings. The van der Waals surface area contributed by atoms with Crippen molar-refractivity contribution < 1.29 is 9.84 Å². The maximum atomic E-state index is 10.7. The average molecular weight is 283 g/mol. The Bertz CT molecular complexity index is 612. The zero-order chi connectivity index (χ0) is 14.7. The van der Waals surface area contributed by atoms with Crippen LogP contribution in [0.3, 0.4) is 0 Å². The lowest BCUT2D eigenvalue weighted by atomic mass is 9.81. The minimum Gasteiger partial charge on any atom is -0.497 e. The van der Waals surface area contributed by atoms with Gasteiger partial charge in [0.05, 0.1) is 13.2 Å². The predicted molar refractivity (Wildman–Crippen MR) is 82.6 cm³/mol. The van der Waals surface area contributed by atoms with Gasteiger partial charge in [0.25, 0.3) is 0 Å². The topological polar surface area (TPSA) is 42.4 Å². The van der Waals surface area contributed by atoms with Crippen LogP contribution in [0.15, 0.2) is 42.6 Å². The largest absolute Gasteiger partial charge is 0.497 e. The molecule has 3 heteroatoms. The zero-order valence-electron chi connectivity index (χ0n) is 12.3. The molecule has 0 spiro atoms. The summed E-state index contributed by atoms with van der Waals surface area (Å²) in [6, 6.07) is 12.0. The highest BCUT2D eigenvalue weighted by molar-refractivity contribution is 5.31. The van der Waals surface area contributed by atoms with Crippen LogP contribution in [0, 0.1) is 0 Å². The van der Waals surface area contributed by atoms with Crippen molar-refractivity contribution in [1.82, 2.24) is 4.98 Å². The van der Waals surface area contributed by atoms with Crippen molar-refractivity contribution in [3.05, 3.63) is 59.4 Å². The number of methoxy groups -OCH3 is 1. The maximum absolute atomic E-state index is 10.7. The number of rotatable bonds is 4. The fourth-order valence-corrected chi connectivity index (χ4v) is 3.20. The van der Waals surface area contributed by atoms with Gasteiger partial charge < -0.3 is 9.84 Å². The van der Waals surface area contributed by atoms with E-state index in [1.807, 2.05) is 36.5 Å². The van der Waals surface area contributed by atoms with Gasteiger partial charge in [-0.25, -0.2) is 0 Å². The fourth-order valence-electron chi connectivity index (χ4n) is 3.20. The summed E-state index contributed by atoms with van der Waals surface area (Å²) < 4.78 is 5.24. The van der Waals surface area contributed by atoms with E-state index in [1.165, 1.54) is 5.56 Å². The molecule has 0 saturated heterocycles. The van der Waals surface area contributed by atoms with Crippen LogP contribution in [0.1, 0.15) is 35.6 Å². The molecule has 0 aliphatic heterocycles. The number of ether oxygens (including phenoxy) is 1. The van der Waals surface area contributed by atoms with E-state index in [0.29, 0.717) is 6.42 Å². The van der Waals surface area contributed by atoms with E-state index in [9.17, 15) is 5.11 Å². The smallest absolute Gasteiger partial charge is 0.119 e. The molecule has 0 radical (unpaired) electrons. The Kier molecular flexibility index (Phi) is 4.20. The van der Waals surface area contributed by atoms with Crippen LogP contribution in [0.4, 0.5) is 0 Å². The summed E-state index contributed by atoms with van der Waals surface area (Å²) in [6.45, 7) is 0. The van der Waals surface area contributed by atoms with E-state index in [-0.39, 0.29) is 5.92 Å². The molecule has 1 heterocycles. The Labute approximate surface area is 125 Å². The van der Waals surface area contributed by atoms with Crippen molar-refractivity contribution in [2.75, 3.05) is 7.11 Å². The number of aliphatic hydroxyl groups is 1. The van der Waals surface area contributed by atoms with Gasteiger partial charge >= 0.3 is 0 Å². The van der Waals surface area contributed by atoms with Crippen molar-refractivity contribution in [3.8, 4) is 5.75 Å². The Morgan fingerprint density at radius 2 is 2.24 bits per heavy atom. The summed E-state index contributed by atoms with van der Waals surface area (Å²) in [7, 11) is 1.66. The molecule has 3 nitrogen and oxygen atoms in total. The summed E-state index contributed by atoms with van der Waals surface area (Å²) in [5, 5.41) is 10.7. The number of aromatic nitrogens is 1. The summed E-state index contributed by atoms with van der Waals surface area (Å²) in [4.78, 5) is 4.51. The van der Waals surface area contributed by atoms with Gasteiger partial charge in [-0.15, -0.1) is 0 Å². The second-order valence-corrected chi connectivity index (χ2v) is 5.67. The van der Waals surface area contributed by atoms with Crippen LogP contribution in [-0.4, -0.2) is 23.3 Å². The number of hydrogen-bond donors (Lipinski definition) is 1. The highest BCUT2D eigenvalue weighted by Gasteiger charge is 2.27. The quantitative estimate of drug-likeness (QED) is 0.937. The standard InChI is InChI=1S/C18H21NO2/c1-21-15-8-2-5-13(11-15)12-17(20)16-9-3-6-14-7-4-10-19-18(14)16/h2,4-5,7-8,10-11,16-17,20H,3,6,9,12H2,1H3. The molecule has 0 amide bonds. The lowest BCUT2D eigenvalue weighted by molar-refractivity contribution is 0.132. The van der Waals surface area contributed by atoms with Crippen molar-refractivity contribution in [2.24, 2.45) is 0 Å². The lowest BCUT2D eigenvalue weighted by Crippen LogP contribution is -2.26. The summed E-state index contributed by atoms with van der Waals surface area (Å²) in [6.07, 6.45) is 5.28. The van der Waals surface area contributed by atoms with E-state index in [2.05, 4.69) is 11.1 Å². The number of benzene rings is 1. The van der Waals surface area contributed by atoms with Crippen LogP contribution in [-0.2, 0) is 12.8 Å². The van der Waals surface area contributed by atoms with Gasteiger partial charge in [0.2, 0.25) is 0 Å². The van der Waals surface area contributed by atoms with Gasteiger partial charge in [-0.05, 0) is 55.0 Å². The first kappa shape index (κ1) is 14.1. The van der Waals surface area contributed by atoms with Gasteiger partial charge in [-0.2, -0.15) is 0 Å². The highest BCUT2D eigenvalue weighted by atomic mass is 16.5. The molecule has 110 valence electrons. The second kappa shape index (κ2) is 6.27. The number of hydrogen-bond acceptors (Lipinski definition) is 3. The van der Waals surface area contributed by atoms with Gasteiger partial charge in [0.1, 0.15) is 5.75 Å². The average Bonchev–Trinajstić information content (AvgIpc) is 2.54. The van der Waals surface area contributed by atoms with Crippen LogP contribution < -0.4 is 4.74 Å². The van der Waals surface area contributed by atoms with Gasteiger partial charge in [-0.1, -0.05) is 18.2 Å². The first-order chi connectivity index (χ1) is 10.3. The summed E-state index contributed by atoms with van der Waals surface area (Å²) >= 11 is 0. The third-order valence-electron chi connectivity index (χ3n) is 4.28. The molecule has 1 aliphatic rings. The molecule has 2 unspecified atom stereocenters. The lowest BCUT2D eigenvalue weighted by Gasteiger charge is -2.28. The van der Waals surface area contributed by atoms with Crippen molar-refractivity contribution in [2.45, 2.75) is 37.7 Å². The number of pyridine rings is 1. The number of aliphatic hydroxyl groups excluding tert-OH is 1. The SMILES string of the molecule is COc1cccc(CC(O)C2CCCc3cccnc32)c1. The molecule has 21 heavy (non-hydrogen) atoms. The molecule has 2 atom stereocenters. The van der Waals surface area contributed by atoms with Crippen LogP contribution in [0.25, 0.3) is 0 Å². The molecular formula is C18H21NO2. The second-order valence-electron chi connectivity index (χ2n) is 5.67. The molecule has 0 saturated carbocycles. The Hall–Kier alpha value is -1.87. The Morgan fingerprint density at radius 3 is 3.10 bits per heavy atom. The van der Waals surface area contributed by atoms with Gasteiger partial charge in [-0.3, -0.25) is 4.98 Å². The zero-order valence-corrected chi connectivity index (χ0v) is 12.3. The van der Waals surface area contributed by atoms with E-state index < -0.39 is 6.10 Å². The maximum Gasteiger partial charge on any atom is 0.119 e. The number of nitrogens with zero attached hydrogens (tertiary/aromatic N) is 1. The van der Waals surface area contributed by atoms with Gasteiger partial charge in [0, 0.05) is 17.8 Å². The number of aryl methyl sites for hydroxylation is 1. The van der Waals surface area contributed by atoms with Gasteiger partial charge in [0.15, 0.2) is 0 Å². The minimum atomic E-state index is -0.397. The number of fused-ring (bicyclic) bond motifs is 1. The van der Waals surface area contributed by atoms with Crippen LogP contribution in [0.2, 0.25) is 0 Å². The molecule has 1 aromatic heterocycles. The Balaban J connectivity index is 1.78. The van der Waals surface area contributed by atoms with E-state index in [1.54, 1.807) is 7.11 Å². The first-order valence-corrected chi connectivity index (χ1v) is 7.52. The Morgan fingerprint density at radius 1 is 1.33 bits per heavy atom. The van der Waals surface area contributed by atoms with Crippen LogP contribution >= 0.6 is 0 Å². The molecule has 0 fully saturated rings. The van der Waals surface area contributed by atoms with E-state index >= 15 is 0 Å². The van der Waals surface area contributed by atoms with E-state index in [4.69, 9.17) is 4.74 Å². The monoisotopic (exact) mass is 283 g/mol. The first-order valence-electron chi connectivity index (χ1n) is 7.52. The molecular weight excluding hydrogens is 262 g/mol. The van der Waals surface area contributed by atoms with Crippen LogP contribution in [0.5, 0.6) is 5.75 Å². The highest BCUT2D eigenvalue weighted by Crippen LogP contribution is 2.33.